The van der Waals surface area contributed by atoms with E-state index in [1.54, 1.807) is 0 Å². The topological polar surface area (TPSA) is 9.86 Å². The van der Waals surface area contributed by atoms with E-state index in [2.05, 4.69) is 162 Å². The summed E-state index contributed by atoms with van der Waals surface area (Å²) >= 11 is 1.94. The van der Waals surface area contributed by atoms with Crippen LogP contribution in [0.4, 0.5) is 0 Å². The lowest BCUT2D eigenvalue weighted by atomic mass is 9.78. The van der Waals surface area contributed by atoms with Crippen molar-refractivity contribution in [3.8, 4) is 5.69 Å². The predicted octanol–water partition coefficient (Wildman–Crippen LogP) is 12.2. The van der Waals surface area contributed by atoms with E-state index in [1.165, 1.54) is 75.0 Å². The maximum absolute atomic E-state index is 2.69. The molecule has 1 aliphatic carbocycles. The molecule has 0 bridgehead atoms. The molecule has 1 aliphatic rings. The van der Waals surface area contributed by atoms with E-state index < -0.39 is 0 Å². The predicted molar refractivity (Wildman–Crippen MR) is 198 cm³/mol. The number of hydrogen-bond donors (Lipinski definition) is 0. The highest BCUT2D eigenvalue weighted by molar-refractivity contribution is 7.26. The first kappa shape index (κ1) is 26.1. The highest BCUT2D eigenvalue weighted by Crippen LogP contribution is 2.48. The molecule has 0 saturated heterocycles. The van der Waals surface area contributed by atoms with Crippen molar-refractivity contribution in [3.63, 3.8) is 0 Å². The van der Waals surface area contributed by atoms with Crippen LogP contribution < -0.4 is 0 Å². The highest BCUT2D eigenvalue weighted by atomic mass is 32.1. The van der Waals surface area contributed by atoms with Gasteiger partial charge in [0.1, 0.15) is 0 Å². The molecular weight excluding hydrogens is 577 g/mol. The van der Waals surface area contributed by atoms with Crippen molar-refractivity contribution in [1.29, 1.82) is 0 Å². The molecule has 220 valence electrons. The first-order chi connectivity index (χ1) is 22.8. The Labute approximate surface area is 271 Å². The van der Waals surface area contributed by atoms with Gasteiger partial charge in [-0.2, -0.15) is 0 Å². The maximum atomic E-state index is 2.69. The molecular formula is C43H32N2S. The van der Waals surface area contributed by atoms with E-state index in [-0.39, 0.29) is 12.0 Å². The van der Waals surface area contributed by atoms with Crippen LogP contribution in [0.3, 0.4) is 0 Å². The Morgan fingerprint density at radius 1 is 0.587 bits per heavy atom. The van der Waals surface area contributed by atoms with Crippen LogP contribution in [0, 0.1) is 5.92 Å². The van der Waals surface area contributed by atoms with Crippen LogP contribution in [-0.4, -0.2) is 9.13 Å². The molecule has 0 aliphatic heterocycles. The molecule has 3 aromatic heterocycles. The van der Waals surface area contributed by atoms with E-state index >= 15 is 0 Å². The zero-order chi connectivity index (χ0) is 30.4. The molecule has 3 heterocycles. The smallest absolute Gasteiger partial charge is 0.0541 e. The van der Waals surface area contributed by atoms with Crippen molar-refractivity contribution in [2.75, 3.05) is 0 Å². The Morgan fingerprint density at radius 3 is 2.04 bits per heavy atom. The summed E-state index contributed by atoms with van der Waals surface area (Å²) < 4.78 is 7.89. The number of thiophene rings is 1. The van der Waals surface area contributed by atoms with Gasteiger partial charge in [0.05, 0.1) is 16.6 Å². The Bertz CT molecular complexity index is 2610. The molecule has 9 aromatic rings. The Balaban J connectivity index is 1.20. The van der Waals surface area contributed by atoms with E-state index in [1.807, 2.05) is 11.3 Å². The second-order valence-electron chi connectivity index (χ2n) is 12.9. The van der Waals surface area contributed by atoms with Gasteiger partial charge in [0.25, 0.3) is 0 Å². The van der Waals surface area contributed by atoms with Gasteiger partial charge < -0.3 is 9.13 Å². The minimum absolute atomic E-state index is 0.244. The van der Waals surface area contributed by atoms with Crippen molar-refractivity contribution in [2.24, 2.45) is 5.92 Å². The second kappa shape index (κ2) is 9.94. The van der Waals surface area contributed by atoms with Crippen molar-refractivity contribution < 1.29 is 0 Å². The zero-order valence-corrected chi connectivity index (χ0v) is 26.4. The number of aromatic nitrogens is 2. The van der Waals surface area contributed by atoms with Crippen molar-refractivity contribution in [3.05, 3.63) is 151 Å². The lowest BCUT2D eigenvalue weighted by Gasteiger charge is -2.36. The molecule has 10 rings (SSSR count). The van der Waals surface area contributed by atoms with Crippen molar-refractivity contribution in [2.45, 2.75) is 25.3 Å². The monoisotopic (exact) mass is 608 g/mol. The molecule has 0 radical (unpaired) electrons. The maximum Gasteiger partial charge on any atom is 0.0541 e. The molecule has 0 amide bonds. The molecule has 6 aromatic carbocycles. The van der Waals surface area contributed by atoms with Gasteiger partial charge in [-0.05, 0) is 60.4 Å². The van der Waals surface area contributed by atoms with E-state index in [0.29, 0.717) is 5.92 Å². The van der Waals surface area contributed by atoms with Gasteiger partial charge in [-0.1, -0.05) is 110 Å². The summed E-state index contributed by atoms with van der Waals surface area (Å²) in [6.45, 7) is 2.44. The van der Waals surface area contributed by atoms with E-state index in [0.717, 1.165) is 6.42 Å². The zero-order valence-electron chi connectivity index (χ0n) is 25.6. The fourth-order valence-electron chi connectivity index (χ4n) is 8.43. The van der Waals surface area contributed by atoms with Crippen LogP contribution in [0.5, 0.6) is 0 Å². The van der Waals surface area contributed by atoms with Gasteiger partial charge >= 0.3 is 0 Å². The number of allylic oxidation sites excluding steroid dienone is 2. The molecule has 46 heavy (non-hydrogen) atoms. The van der Waals surface area contributed by atoms with E-state index in [4.69, 9.17) is 0 Å². The third kappa shape index (κ3) is 3.64. The number of rotatable bonds is 3. The summed E-state index contributed by atoms with van der Waals surface area (Å²) in [4.78, 5) is 0. The summed E-state index contributed by atoms with van der Waals surface area (Å²) in [6, 6.07) is 49.9. The Kier molecular flexibility index (Phi) is 5.65. The lowest BCUT2D eigenvalue weighted by molar-refractivity contribution is 0.327. The number of nitrogens with zero attached hydrogens (tertiary/aromatic N) is 2. The van der Waals surface area contributed by atoms with Crippen molar-refractivity contribution in [1.82, 2.24) is 9.13 Å². The standard InChI is InChI=1S/C43H32N2S/c1-27-12-10-19-30(28-13-11-14-29(26-28)44-36-20-6-2-15-31(36)32-16-3-7-21-37(32)44)42(27)45-38-22-8-4-18-35(38)41-39(45)25-24-34-33-17-5-9-23-40(33)46-43(34)41/h2-11,13-27,30,42H,12H2,1H3. The molecule has 3 unspecified atom stereocenters. The van der Waals surface area contributed by atoms with Gasteiger partial charge in [-0.15, -0.1) is 11.3 Å². The highest BCUT2D eigenvalue weighted by Gasteiger charge is 2.33. The fourth-order valence-corrected chi connectivity index (χ4v) is 9.69. The average molecular weight is 609 g/mol. The summed E-state index contributed by atoms with van der Waals surface area (Å²) in [5.41, 5.74) is 7.75. The van der Waals surface area contributed by atoms with Crippen LogP contribution in [0.2, 0.25) is 0 Å². The minimum Gasteiger partial charge on any atom is -0.336 e. The SMILES string of the molecule is CC1CC=CC(c2cccc(-n3c4ccccc4c4ccccc43)c2)C1n1c2ccccc2c2c3sc4ccccc4c3ccc21. The Hall–Kier alpha value is -5.12. The van der Waals surface area contributed by atoms with Crippen LogP contribution in [0.25, 0.3) is 69.5 Å². The summed E-state index contributed by atoms with van der Waals surface area (Å²) in [5, 5.41) is 8.07. The van der Waals surface area contributed by atoms with Gasteiger partial charge in [0, 0.05) is 64.9 Å². The van der Waals surface area contributed by atoms with Crippen LogP contribution in [-0.2, 0) is 0 Å². The van der Waals surface area contributed by atoms with Gasteiger partial charge in [-0.25, -0.2) is 0 Å². The van der Waals surface area contributed by atoms with Gasteiger partial charge in [-0.3, -0.25) is 0 Å². The van der Waals surface area contributed by atoms with Gasteiger partial charge in [0.2, 0.25) is 0 Å². The summed E-state index contributed by atoms with van der Waals surface area (Å²) in [5.74, 6) is 0.720. The molecule has 0 fully saturated rings. The van der Waals surface area contributed by atoms with Gasteiger partial charge in [0.15, 0.2) is 0 Å². The normalized spacial score (nSPS) is 18.6. The summed E-state index contributed by atoms with van der Waals surface area (Å²) in [6.07, 6.45) is 5.97. The summed E-state index contributed by atoms with van der Waals surface area (Å²) in [7, 11) is 0. The third-order valence-corrected chi connectivity index (χ3v) is 11.6. The molecule has 0 saturated carbocycles. The molecule has 3 atom stereocenters. The Morgan fingerprint density at radius 2 is 1.26 bits per heavy atom. The first-order valence-corrected chi connectivity index (χ1v) is 17.2. The van der Waals surface area contributed by atoms with Crippen LogP contribution in [0.15, 0.2) is 146 Å². The second-order valence-corrected chi connectivity index (χ2v) is 14.0. The molecule has 0 N–H and O–H groups in total. The number of hydrogen-bond acceptors (Lipinski definition) is 1. The van der Waals surface area contributed by atoms with Crippen LogP contribution >= 0.6 is 11.3 Å². The first-order valence-electron chi connectivity index (χ1n) is 16.3. The number of fused-ring (bicyclic) bond motifs is 10. The molecule has 3 heteroatoms. The fraction of sp³-hybridized carbons (Fsp3) is 0.116. The number of benzene rings is 6. The molecule has 0 spiro atoms. The third-order valence-electron chi connectivity index (χ3n) is 10.4. The average Bonchev–Trinajstić information content (AvgIpc) is 3.76. The quantitative estimate of drug-likeness (QED) is 0.177. The number of para-hydroxylation sites is 3. The van der Waals surface area contributed by atoms with E-state index in [9.17, 15) is 0 Å². The van der Waals surface area contributed by atoms with Crippen LogP contribution in [0.1, 0.15) is 30.9 Å². The molecule has 2 nitrogen and oxygen atoms in total. The lowest BCUT2D eigenvalue weighted by Crippen LogP contribution is -2.26. The van der Waals surface area contributed by atoms with Crippen molar-refractivity contribution >= 4 is 75.1 Å². The minimum atomic E-state index is 0.244. The largest absolute Gasteiger partial charge is 0.336 e.